The van der Waals surface area contributed by atoms with E-state index in [-0.39, 0.29) is 17.9 Å². The molecule has 0 spiro atoms. The van der Waals surface area contributed by atoms with Crippen molar-refractivity contribution in [3.63, 3.8) is 0 Å². The minimum absolute atomic E-state index is 0.0131. The number of hydroxylamine groups is 2. The second-order valence-corrected chi connectivity index (χ2v) is 9.56. The predicted molar refractivity (Wildman–Crippen MR) is 152 cm³/mol. The van der Waals surface area contributed by atoms with Gasteiger partial charge in [0.15, 0.2) is 6.19 Å². The maximum absolute atomic E-state index is 12.9. The van der Waals surface area contributed by atoms with E-state index in [0.29, 0.717) is 58.4 Å². The first-order valence-electron chi connectivity index (χ1n) is 14.3. The van der Waals surface area contributed by atoms with Gasteiger partial charge in [-0.1, -0.05) is 32.1 Å². The lowest BCUT2D eigenvalue weighted by Crippen LogP contribution is -2.38. The van der Waals surface area contributed by atoms with E-state index in [9.17, 15) is 9.59 Å². The van der Waals surface area contributed by atoms with E-state index in [1.54, 1.807) is 24.5 Å². The molecular weight excluding hydrogens is 514 g/mol. The van der Waals surface area contributed by atoms with Crippen LogP contribution in [-0.4, -0.2) is 80.0 Å². The molecule has 1 aliphatic rings. The number of unbranched alkanes of at least 4 members (excludes halogenated alkanes) is 3. The molecule has 12 heteroatoms. The van der Waals surface area contributed by atoms with Crippen LogP contribution in [0, 0.1) is 11.5 Å². The zero-order valence-electron chi connectivity index (χ0n) is 23.7. The summed E-state index contributed by atoms with van der Waals surface area (Å²) in [6, 6.07) is 3.59. The van der Waals surface area contributed by atoms with E-state index < -0.39 is 0 Å². The summed E-state index contributed by atoms with van der Waals surface area (Å²) in [7, 11) is 0. The standard InChI is InChI=1S/C28H45N7O5/c1-24(36)31-17-19-38-21-22-39-20-18-35(40-26-9-5-4-6-10-26)27(37)11-7-2-3-8-14-32-28(33-23-29)34-25-12-15-30-16-13-25/h12-13,15-16,26H,2-11,14,17-22H2,1H3,(H,31,36)(H2,30,32,33,34). The second-order valence-electron chi connectivity index (χ2n) is 9.56. The average Bonchev–Trinajstić information content (AvgIpc) is 2.96. The molecule has 0 aromatic carbocycles. The first-order chi connectivity index (χ1) is 19.6. The fraction of sp³-hybridized carbons (Fsp3) is 0.679. The van der Waals surface area contributed by atoms with E-state index in [1.807, 2.05) is 6.19 Å². The Morgan fingerprint density at radius 1 is 1.05 bits per heavy atom. The summed E-state index contributed by atoms with van der Waals surface area (Å²) in [6.45, 7) is 4.55. The molecule has 0 atom stereocenters. The predicted octanol–water partition coefficient (Wildman–Crippen LogP) is 3.13. The molecule has 1 aromatic heterocycles. The summed E-state index contributed by atoms with van der Waals surface area (Å²) >= 11 is 0. The molecule has 12 nitrogen and oxygen atoms in total. The van der Waals surface area contributed by atoms with E-state index >= 15 is 0 Å². The second kappa shape index (κ2) is 21.5. The molecule has 0 bridgehead atoms. The lowest BCUT2D eigenvalue weighted by Gasteiger charge is -2.29. The number of anilines is 1. The number of nitrogens with zero attached hydrogens (tertiary/aromatic N) is 4. The van der Waals surface area contributed by atoms with Gasteiger partial charge in [-0.3, -0.25) is 29.7 Å². The van der Waals surface area contributed by atoms with Crippen molar-refractivity contribution in [3.8, 4) is 6.19 Å². The molecule has 2 rings (SSSR count). The van der Waals surface area contributed by atoms with E-state index in [0.717, 1.165) is 57.1 Å². The van der Waals surface area contributed by atoms with Gasteiger partial charge in [-0.2, -0.15) is 5.26 Å². The zero-order chi connectivity index (χ0) is 28.7. The molecule has 0 unspecified atom stereocenters. The van der Waals surface area contributed by atoms with Crippen LogP contribution in [0.3, 0.4) is 0 Å². The fourth-order valence-electron chi connectivity index (χ4n) is 4.15. The SMILES string of the molecule is CC(=O)NCCOCCOCCN(OC1CCCCC1)C(=O)CCCCCCN=C(NC#N)Nc1ccncc1. The lowest BCUT2D eigenvalue weighted by atomic mass is 9.98. The third-order valence-corrected chi connectivity index (χ3v) is 6.22. The minimum Gasteiger partial charge on any atom is -0.377 e. The van der Waals surface area contributed by atoms with Gasteiger partial charge in [0.1, 0.15) is 0 Å². The molecule has 0 saturated heterocycles. The smallest absolute Gasteiger partial charge is 0.246 e. The first kappa shape index (κ1) is 32.9. The molecule has 1 fully saturated rings. The molecule has 1 saturated carbocycles. The maximum atomic E-state index is 12.9. The summed E-state index contributed by atoms with van der Waals surface area (Å²) < 4.78 is 11.1. The zero-order valence-corrected chi connectivity index (χ0v) is 23.7. The van der Waals surface area contributed by atoms with Crippen molar-refractivity contribution in [3.05, 3.63) is 24.5 Å². The van der Waals surface area contributed by atoms with Gasteiger partial charge in [0.2, 0.25) is 17.8 Å². The van der Waals surface area contributed by atoms with Gasteiger partial charge < -0.3 is 20.1 Å². The maximum Gasteiger partial charge on any atom is 0.246 e. The highest BCUT2D eigenvalue weighted by Gasteiger charge is 2.21. The number of amides is 2. The molecule has 3 N–H and O–H groups in total. The molecule has 1 heterocycles. The Morgan fingerprint density at radius 2 is 1.77 bits per heavy atom. The number of ether oxygens (including phenoxy) is 2. The number of hydrogen-bond donors (Lipinski definition) is 3. The molecule has 40 heavy (non-hydrogen) atoms. The van der Waals surface area contributed by atoms with Crippen LogP contribution < -0.4 is 16.0 Å². The third-order valence-electron chi connectivity index (χ3n) is 6.22. The summed E-state index contributed by atoms with van der Waals surface area (Å²) in [6.07, 6.45) is 14.6. The van der Waals surface area contributed by atoms with Crippen LogP contribution >= 0.6 is 0 Å². The van der Waals surface area contributed by atoms with Gasteiger partial charge >= 0.3 is 0 Å². The highest BCUT2D eigenvalue weighted by Crippen LogP contribution is 2.22. The van der Waals surface area contributed by atoms with Crippen LogP contribution in [-0.2, 0) is 23.9 Å². The van der Waals surface area contributed by atoms with Crippen molar-refractivity contribution in [2.24, 2.45) is 4.99 Å². The largest absolute Gasteiger partial charge is 0.377 e. The molecular formula is C28H45N7O5. The summed E-state index contributed by atoms with van der Waals surface area (Å²) in [5.74, 6) is 0.309. The van der Waals surface area contributed by atoms with Gasteiger partial charge in [-0.25, -0.2) is 5.06 Å². The van der Waals surface area contributed by atoms with Crippen LogP contribution in [0.2, 0.25) is 0 Å². The number of aliphatic imine (C=N–C) groups is 1. The fourth-order valence-corrected chi connectivity index (χ4v) is 4.15. The number of carbonyl (C=O) groups is 2. The van der Waals surface area contributed by atoms with Gasteiger partial charge in [0.05, 0.1) is 39.1 Å². The number of carbonyl (C=O) groups excluding carboxylic acids is 2. The normalized spacial score (nSPS) is 13.8. The summed E-state index contributed by atoms with van der Waals surface area (Å²) in [4.78, 5) is 38.3. The van der Waals surface area contributed by atoms with Crippen molar-refractivity contribution < 1.29 is 23.9 Å². The Bertz CT molecular complexity index is 904. The average molecular weight is 560 g/mol. The number of nitriles is 1. The Labute approximate surface area is 237 Å². The van der Waals surface area contributed by atoms with Crippen molar-refractivity contribution in [2.45, 2.75) is 77.2 Å². The molecule has 0 aliphatic heterocycles. The van der Waals surface area contributed by atoms with Crippen LogP contribution in [0.5, 0.6) is 0 Å². The number of aromatic nitrogens is 1. The van der Waals surface area contributed by atoms with Crippen LogP contribution in [0.1, 0.15) is 71.1 Å². The van der Waals surface area contributed by atoms with Gasteiger partial charge in [0, 0.05) is 44.5 Å². The minimum atomic E-state index is -0.0785. The van der Waals surface area contributed by atoms with Crippen molar-refractivity contribution in [2.75, 3.05) is 51.4 Å². The Kier molecular flexibility index (Phi) is 17.7. The number of nitrogens with one attached hydrogen (secondary N) is 3. The van der Waals surface area contributed by atoms with Gasteiger partial charge in [0.25, 0.3) is 0 Å². The van der Waals surface area contributed by atoms with Crippen LogP contribution in [0.25, 0.3) is 0 Å². The van der Waals surface area contributed by atoms with Crippen molar-refractivity contribution in [1.29, 1.82) is 5.26 Å². The lowest BCUT2D eigenvalue weighted by molar-refractivity contribution is -0.214. The summed E-state index contributed by atoms with van der Waals surface area (Å²) in [5, 5.41) is 18.8. The van der Waals surface area contributed by atoms with Gasteiger partial charge in [-0.15, -0.1) is 0 Å². The van der Waals surface area contributed by atoms with E-state index in [4.69, 9.17) is 19.6 Å². The molecule has 1 aromatic rings. The third kappa shape index (κ3) is 16.0. The Balaban J connectivity index is 1.64. The number of guanidine groups is 1. The summed E-state index contributed by atoms with van der Waals surface area (Å²) in [5.41, 5.74) is 0.799. The van der Waals surface area contributed by atoms with Crippen LogP contribution in [0.4, 0.5) is 5.69 Å². The molecule has 222 valence electrons. The Morgan fingerprint density at radius 3 is 2.50 bits per heavy atom. The number of hydrogen-bond acceptors (Lipinski definition) is 8. The number of rotatable bonds is 19. The van der Waals surface area contributed by atoms with E-state index in [1.165, 1.54) is 18.4 Å². The van der Waals surface area contributed by atoms with Gasteiger partial charge in [-0.05, 0) is 37.8 Å². The Hall–Kier alpha value is -3.27. The monoisotopic (exact) mass is 559 g/mol. The molecule has 0 radical (unpaired) electrons. The topological polar surface area (TPSA) is 150 Å². The van der Waals surface area contributed by atoms with E-state index in [2.05, 4.69) is 25.9 Å². The molecule has 1 aliphatic carbocycles. The molecule has 2 amide bonds. The highest BCUT2D eigenvalue weighted by atomic mass is 16.7. The first-order valence-corrected chi connectivity index (χ1v) is 14.3. The number of pyridine rings is 1. The van der Waals surface area contributed by atoms with Crippen molar-refractivity contribution in [1.82, 2.24) is 20.7 Å². The quantitative estimate of drug-likeness (QED) is 0.0580. The highest BCUT2D eigenvalue weighted by molar-refractivity contribution is 5.94. The van der Waals surface area contributed by atoms with Crippen LogP contribution in [0.15, 0.2) is 29.5 Å². The van der Waals surface area contributed by atoms with Crippen molar-refractivity contribution >= 4 is 23.5 Å².